The zero-order valence-corrected chi connectivity index (χ0v) is 14.8. The molecule has 3 heterocycles. The Morgan fingerprint density at radius 1 is 0.960 bits per heavy atom. The third-order valence-corrected chi connectivity index (χ3v) is 4.91. The summed E-state index contributed by atoms with van der Waals surface area (Å²) in [7, 11) is 0. The molecule has 2 aromatic heterocycles. The first kappa shape index (κ1) is 15.6. The second-order valence-corrected chi connectivity index (χ2v) is 6.94. The van der Waals surface area contributed by atoms with Crippen LogP contribution in [-0.4, -0.2) is 10.7 Å². The molecular weight excluding hydrogens is 324 g/mol. The van der Waals surface area contributed by atoms with Crippen LogP contribution in [0.1, 0.15) is 16.8 Å². The summed E-state index contributed by atoms with van der Waals surface area (Å²) in [5, 5.41) is 2.09. The summed E-state index contributed by atoms with van der Waals surface area (Å²) in [6, 6.07) is 16.9. The van der Waals surface area contributed by atoms with Gasteiger partial charge in [-0.1, -0.05) is 42.0 Å². The second kappa shape index (κ2) is 6.91. The third kappa shape index (κ3) is 3.78. The van der Waals surface area contributed by atoms with E-state index in [1.165, 1.54) is 16.0 Å². The Hall–Kier alpha value is -2.91. The SMILES string of the molecule is Cc1ccc(/C=C/C2=NC(=C\c3ccc(-c4cccs4)[nH]3)/C=C2)cc1. The van der Waals surface area contributed by atoms with Crippen LogP contribution in [0.5, 0.6) is 0 Å². The van der Waals surface area contributed by atoms with Gasteiger partial charge in [0.05, 0.1) is 22.0 Å². The number of aryl methyl sites for hydroxylation is 1. The molecule has 0 atom stereocenters. The molecule has 122 valence electrons. The number of hydrogen-bond acceptors (Lipinski definition) is 2. The summed E-state index contributed by atoms with van der Waals surface area (Å²) in [5.41, 5.74) is 6.60. The molecule has 0 fully saturated rings. The number of aliphatic imine (C=N–C) groups is 1. The van der Waals surface area contributed by atoms with Crippen LogP contribution >= 0.6 is 11.3 Å². The lowest BCUT2D eigenvalue weighted by molar-refractivity contribution is 1.36. The lowest BCUT2D eigenvalue weighted by Crippen LogP contribution is -1.82. The van der Waals surface area contributed by atoms with E-state index >= 15 is 0 Å². The highest BCUT2D eigenvalue weighted by atomic mass is 32.1. The number of aromatic amines is 1. The topological polar surface area (TPSA) is 28.1 Å². The van der Waals surface area contributed by atoms with Crippen LogP contribution in [0.15, 0.2) is 82.8 Å². The van der Waals surface area contributed by atoms with Crippen molar-refractivity contribution in [2.75, 3.05) is 0 Å². The quantitative estimate of drug-likeness (QED) is 0.592. The molecular formula is C22H18N2S. The number of hydrogen-bond donors (Lipinski definition) is 1. The van der Waals surface area contributed by atoms with Gasteiger partial charge in [0, 0.05) is 5.69 Å². The van der Waals surface area contributed by atoms with Crippen LogP contribution in [0.25, 0.3) is 22.7 Å². The number of thiophene rings is 1. The van der Waals surface area contributed by atoms with E-state index in [0.717, 1.165) is 22.8 Å². The van der Waals surface area contributed by atoms with Gasteiger partial charge in [0.15, 0.2) is 0 Å². The predicted molar refractivity (Wildman–Crippen MR) is 109 cm³/mol. The average molecular weight is 342 g/mol. The van der Waals surface area contributed by atoms with Gasteiger partial charge in [-0.2, -0.15) is 0 Å². The predicted octanol–water partition coefficient (Wildman–Crippen LogP) is 6.12. The van der Waals surface area contributed by atoms with Gasteiger partial charge < -0.3 is 4.98 Å². The molecule has 0 spiro atoms. The summed E-state index contributed by atoms with van der Waals surface area (Å²) >= 11 is 1.74. The fourth-order valence-electron chi connectivity index (χ4n) is 2.66. The zero-order valence-electron chi connectivity index (χ0n) is 13.9. The van der Waals surface area contributed by atoms with E-state index in [-0.39, 0.29) is 0 Å². The van der Waals surface area contributed by atoms with Crippen LogP contribution in [0.4, 0.5) is 0 Å². The standard InChI is InChI=1S/C22H18N2S/c1-16-4-6-17(7-5-16)8-9-18-10-11-19(23-18)15-20-12-13-21(24-20)22-3-2-14-25-22/h2-15,24H,1H3/b9-8+,19-15-. The number of nitrogens with one attached hydrogen (secondary N) is 1. The molecule has 0 aliphatic carbocycles. The molecule has 0 unspecified atom stereocenters. The maximum Gasteiger partial charge on any atom is 0.0658 e. The van der Waals surface area contributed by atoms with Crippen molar-refractivity contribution in [3.05, 3.63) is 94.7 Å². The lowest BCUT2D eigenvalue weighted by atomic mass is 10.1. The summed E-state index contributed by atoms with van der Waals surface area (Å²) < 4.78 is 0. The van der Waals surface area contributed by atoms with Crippen molar-refractivity contribution in [1.82, 2.24) is 4.98 Å². The van der Waals surface area contributed by atoms with E-state index in [0.29, 0.717) is 0 Å². The Kier molecular flexibility index (Phi) is 4.32. The molecule has 1 aliphatic rings. The van der Waals surface area contributed by atoms with Crippen molar-refractivity contribution in [2.45, 2.75) is 6.92 Å². The first-order valence-corrected chi connectivity index (χ1v) is 9.10. The summed E-state index contributed by atoms with van der Waals surface area (Å²) in [6.07, 6.45) is 10.3. The largest absolute Gasteiger partial charge is 0.354 e. The van der Waals surface area contributed by atoms with E-state index in [1.807, 2.05) is 18.2 Å². The maximum atomic E-state index is 4.65. The number of H-pyrrole nitrogens is 1. The van der Waals surface area contributed by atoms with Gasteiger partial charge in [0.1, 0.15) is 0 Å². The number of benzene rings is 1. The first-order chi connectivity index (χ1) is 12.3. The third-order valence-electron chi connectivity index (χ3n) is 4.01. The molecule has 0 radical (unpaired) electrons. The van der Waals surface area contributed by atoms with Crippen LogP contribution in [-0.2, 0) is 0 Å². The van der Waals surface area contributed by atoms with Gasteiger partial charge in [-0.05, 0) is 60.4 Å². The molecule has 1 aliphatic heterocycles. The fourth-order valence-corrected chi connectivity index (χ4v) is 3.36. The van der Waals surface area contributed by atoms with E-state index in [4.69, 9.17) is 0 Å². The van der Waals surface area contributed by atoms with E-state index in [2.05, 4.69) is 83.0 Å². The molecule has 3 aromatic rings. The summed E-state index contributed by atoms with van der Waals surface area (Å²) in [5.74, 6) is 0. The second-order valence-electron chi connectivity index (χ2n) is 5.99. The Bertz CT molecular complexity index is 981. The average Bonchev–Trinajstić information content (AvgIpc) is 3.36. The molecule has 25 heavy (non-hydrogen) atoms. The minimum atomic E-state index is 0.961. The molecule has 3 heteroatoms. The molecule has 1 N–H and O–H groups in total. The van der Waals surface area contributed by atoms with Crippen LogP contribution in [0.2, 0.25) is 0 Å². The minimum absolute atomic E-state index is 0.961. The number of nitrogens with zero attached hydrogens (tertiary/aromatic N) is 1. The lowest BCUT2D eigenvalue weighted by Gasteiger charge is -1.94. The molecule has 0 bridgehead atoms. The Morgan fingerprint density at radius 2 is 1.84 bits per heavy atom. The van der Waals surface area contributed by atoms with Gasteiger partial charge in [-0.25, -0.2) is 4.99 Å². The van der Waals surface area contributed by atoms with Crippen LogP contribution in [0.3, 0.4) is 0 Å². The van der Waals surface area contributed by atoms with Gasteiger partial charge in [-0.3, -0.25) is 0 Å². The number of aromatic nitrogens is 1. The van der Waals surface area contributed by atoms with Crippen molar-refractivity contribution in [3.63, 3.8) is 0 Å². The molecule has 0 saturated carbocycles. The van der Waals surface area contributed by atoms with E-state index in [1.54, 1.807) is 11.3 Å². The highest BCUT2D eigenvalue weighted by Gasteiger charge is 2.04. The van der Waals surface area contributed by atoms with Gasteiger partial charge >= 0.3 is 0 Å². The molecule has 4 rings (SSSR count). The molecule has 2 nitrogen and oxygen atoms in total. The Labute approximate surface area is 151 Å². The van der Waals surface area contributed by atoms with Crippen LogP contribution in [0, 0.1) is 6.92 Å². The Morgan fingerprint density at radius 3 is 2.64 bits per heavy atom. The Balaban J connectivity index is 1.48. The first-order valence-electron chi connectivity index (χ1n) is 8.22. The van der Waals surface area contributed by atoms with Gasteiger partial charge in [0.2, 0.25) is 0 Å². The monoisotopic (exact) mass is 342 g/mol. The minimum Gasteiger partial charge on any atom is -0.354 e. The van der Waals surface area contributed by atoms with E-state index in [9.17, 15) is 0 Å². The van der Waals surface area contributed by atoms with E-state index < -0.39 is 0 Å². The fraction of sp³-hybridized carbons (Fsp3) is 0.0455. The van der Waals surface area contributed by atoms with Crippen molar-refractivity contribution < 1.29 is 0 Å². The summed E-state index contributed by atoms with van der Waals surface area (Å²) in [6.45, 7) is 2.10. The normalized spacial score (nSPS) is 15.4. The molecule has 0 saturated heterocycles. The number of rotatable bonds is 4. The van der Waals surface area contributed by atoms with Crippen molar-refractivity contribution in [2.24, 2.45) is 4.99 Å². The highest BCUT2D eigenvalue weighted by Crippen LogP contribution is 2.25. The zero-order chi connectivity index (χ0) is 17.1. The molecule has 1 aromatic carbocycles. The van der Waals surface area contributed by atoms with Crippen LogP contribution < -0.4 is 0 Å². The van der Waals surface area contributed by atoms with Crippen molar-refractivity contribution >= 4 is 29.2 Å². The summed E-state index contributed by atoms with van der Waals surface area (Å²) in [4.78, 5) is 9.33. The highest BCUT2D eigenvalue weighted by molar-refractivity contribution is 7.13. The molecule has 0 amide bonds. The smallest absolute Gasteiger partial charge is 0.0658 e. The van der Waals surface area contributed by atoms with Gasteiger partial charge in [0.25, 0.3) is 0 Å². The van der Waals surface area contributed by atoms with Gasteiger partial charge in [-0.15, -0.1) is 11.3 Å². The number of allylic oxidation sites excluding steroid dienone is 3. The van der Waals surface area contributed by atoms with Crippen molar-refractivity contribution in [1.29, 1.82) is 0 Å². The van der Waals surface area contributed by atoms with Crippen molar-refractivity contribution in [3.8, 4) is 10.6 Å². The maximum absolute atomic E-state index is 4.65.